The number of H-pyrrole nitrogens is 1. The van der Waals surface area contributed by atoms with Crippen molar-refractivity contribution in [3.63, 3.8) is 0 Å². The van der Waals surface area contributed by atoms with E-state index in [1.165, 1.54) is 0 Å². The third-order valence-electron chi connectivity index (χ3n) is 5.47. The zero-order chi connectivity index (χ0) is 21.3. The van der Waals surface area contributed by atoms with Gasteiger partial charge in [0.15, 0.2) is 5.65 Å². The number of nitrogens with one attached hydrogen (secondary N) is 2. The van der Waals surface area contributed by atoms with Crippen LogP contribution in [0.5, 0.6) is 0 Å². The van der Waals surface area contributed by atoms with Crippen molar-refractivity contribution < 1.29 is 4.79 Å². The molecule has 0 saturated heterocycles. The van der Waals surface area contributed by atoms with E-state index in [0.29, 0.717) is 12.8 Å². The minimum atomic E-state index is -0.0179. The largest absolute Gasteiger partial charge is 0.342 e. The van der Waals surface area contributed by atoms with Gasteiger partial charge in [-0.2, -0.15) is 5.10 Å². The molecule has 4 aromatic rings. The van der Waals surface area contributed by atoms with Crippen LogP contribution in [0.2, 0.25) is 0 Å². The van der Waals surface area contributed by atoms with Crippen LogP contribution in [0.25, 0.3) is 16.7 Å². The number of nitrogens with zero attached hydrogens (tertiary/aromatic N) is 4. The highest BCUT2D eigenvalue weighted by atomic mass is 16.1. The number of amides is 1. The fourth-order valence-corrected chi connectivity index (χ4v) is 3.87. The first-order valence-corrected chi connectivity index (χ1v) is 10.6. The molecule has 0 unspecified atom stereocenters. The molecular weight excluding hydrogens is 376 g/mol. The Morgan fingerprint density at radius 2 is 1.97 bits per heavy atom. The molecule has 4 rings (SSSR count). The van der Waals surface area contributed by atoms with Gasteiger partial charge in [0.05, 0.1) is 16.7 Å². The number of aromatic nitrogens is 5. The number of unbranched alkanes of at least 4 members (excludes halogenated alkanes) is 1. The van der Waals surface area contributed by atoms with Gasteiger partial charge in [0, 0.05) is 36.0 Å². The van der Waals surface area contributed by atoms with Gasteiger partial charge in [-0.25, -0.2) is 14.5 Å². The van der Waals surface area contributed by atoms with Crippen LogP contribution in [0.1, 0.15) is 54.7 Å². The molecule has 0 aliphatic rings. The first-order chi connectivity index (χ1) is 14.4. The lowest BCUT2D eigenvalue weighted by Crippen LogP contribution is -2.14. The molecule has 1 aromatic carbocycles. The maximum Gasteiger partial charge on any atom is 0.224 e. The Bertz CT molecular complexity index is 1220. The highest BCUT2D eigenvalue weighted by molar-refractivity contribution is 5.93. The van der Waals surface area contributed by atoms with Gasteiger partial charge < -0.3 is 10.3 Å². The van der Waals surface area contributed by atoms with Crippen LogP contribution >= 0.6 is 0 Å². The molecule has 3 heterocycles. The number of rotatable bonds is 7. The summed E-state index contributed by atoms with van der Waals surface area (Å²) in [5.74, 6) is 0.980. The van der Waals surface area contributed by atoms with Crippen LogP contribution in [-0.2, 0) is 17.6 Å². The molecule has 156 valence electrons. The topological polar surface area (TPSA) is 88.0 Å². The molecule has 0 spiro atoms. The van der Waals surface area contributed by atoms with Crippen LogP contribution in [0.4, 0.5) is 5.69 Å². The van der Waals surface area contributed by atoms with Crippen molar-refractivity contribution in [1.82, 2.24) is 24.6 Å². The van der Waals surface area contributed by atoms with Crippen LogP contribution < -0.4 is 5.32 Å². The Morgan fingerprint density at radius 1 is 1.13 bits per heavy atom. The van der Waals surface area contributed by atoms with E-state index in [0.717, 1.165) is 70.1 Å². The Balaban J connectivity index is 1.44. The third-order valence-corrected chi connectivity index (χ3v) is 5.47. The molecule has 2 N–H and O–H groups in total. The van der Waals surface area contributed by atoms with E-state index in [2.05, 4.69) is 32.3 Å². The smallest absolute Gasteiger partial charge is 0.224 e. The van der Waals surface area contributed by atoms with Crippen molar-refractivity contribution in [2.24, 2.45) is 0 Å². The Hall–Kier alpha value is -3.22. The zero-order valence-corrected chi connectivity index (χ0v) is 18.0. The second kappa shape index (κ2) is 8.26. The Kier molecular flexibility index (Phi) is 5.53. The summed E-state index contributed by atoms with van der Waals surface area (Å²) in [6, 6.07) is 7.77. The number of fused-ring (bicyclic) bond motifs is 2. The maximum absolute atomic E-state index is 12.6. The molecule has 0 aliphatic heterocycles. The molecule has 7 heteroatoms. The lowest BCUT2D eigenvalue weighted by molar-refractivity contribution is -0.116. The lowest BCUT2D eigenvalue weighted by Gasteiger charge is -2.11. The average Bonchev–Trinajstić information content (AvgIpc) is 3.28. The van der Waals surface area contributed by atoms with Gasteiger partial charge in [-0.15, -0.1) is 0 Å². The maximum atomic E-state index is 12.6. The summed E-state index contributed by atoms with van der Waals surface area (Å²) in [6.07, 6.45) is 4.21. The van der Waals surface area contributed by atoms with Gasteiger partial charge in [0.2, 0.25) is 5.91 Å². The molecule has 7 nitrogen and oxygen atoms in total. The third kappa shape index (κ3) is 4.06. The summed E-state index contributed by atoms with van der Waals surface area (Å²) >= 11 is 0. The quantitative estimate of drug-likeness (QED) is 0.476. The van der Waals surface area contributed by atoms with Crippen molar-refractivity contribution in [3.8, 4) is 0 Å². The molecule has 0 aliphatic carbocycles. The van der Waals surface area contributed by atoms with Crippen LogP contribution in [0.15, 0.2) is 24.3 Å². The molecular formula is C23H28N6O. The number of aryl methyl sites for hydroxylation is 4. The van der Waals surface area contributed by atoms with E-state index in [1.807, 2.05) is 49.6 Å². The highest BCUT2D eigenvalue weighted by Crippen LogP contribution is 2.20. The van der Waals surface area contributed by atoms with Crippen LogP contribution in [0.3, 0.4) is 0 Å². The molecule has 0 atom stereocenters. The number of hydrogen-bond acceptors (Lipinski definition) is 4. The van der Waals surface area contributed by atoms with E-state index in [1.54, 1.807) is 0 Å². The summed E-state index contributed by atoms with van der Waals surface area (Å²) in [4.78, 5) is 25.2. The SMILES string of the molecule is CCCCc1nc2ccc(NC(=O)CCc3c(C)nc4cc(C)nn4c3C)cc2[nH]1. The second-order valence-electron chi connectivity index (χ2n) is 7.88. The first kappa shape index (κ1) is 20.1. The molecule has 0 fully saturated rings. The van der Waals surface area contributed by atoms with E-state index in [-0.39, 0.29) is 5.91 Å². The summed E-state index contributed by atoms with van der Waals surface area (Å²) in [6.45, 7) is 8.15. The van der Waals surface area contributed by atoms with Gasteiger partial charge in [-0.3, -0.25) is 4.79 Å². The molecule has 0 radical (unpaired) electrons. The minimum Gasteiger partial charge on any atom is -0.342 e. The monoisotopic (exact) mass is 404 g/mol. The molecule has 30 heavy (non-hydrogen) atoms. The Labute approximate surface area is 175 Å². The van der Waals surface area contributed by atoms with Crippen molar-refractivity contribution in [3.05, 3.63) is 52.7 Å². The molecule has 0 bridgehead atoms. The number of carbonyl (C=O) groups is 1. The molecule has 1 amide bonds. The average molecular weight is 405 g/mol. The van der Waals surface area contributed by atoms with E-state index < -0.39 is 0 Å². The molecule has 0 saturated carbocycles. The van der Waals surface area contributed by atoms with Crippen molar-refractivity contribution in [2.45, 2.75) is 59.8 Å². The summed E-state index contributed by atoms with van der Waals surface area (Å²) < 4.78 is 1.86. The van der Waals surface area contributed by atoms with Crippen molar-refractivity contribution >= 4 is 28.3 Å². The fraction of sp³-hybridized carbons (Fsp3) is 0.391. The van der Waals surface area contributed by atoms with Gasteiger partial charge >= 0.3 is 0 Å². The first-order valence-electron chi connectivity index (χ1n) is 10.6. The predicted molar refractivity (Wildman–Crippen MR) is 119 cm³/mol. The normalized spacial score (nSPS) is 11.5. The van der Waals surface area contributed by atoms with Crippen molar-refractivity contribution in [1.29, 1.82) is 0 Å². The summed E-state index contributed by atoms with van der Waals surface area (Å²) in [5, 5.41) is 7.51. The number of benzene rings is 1. The standard InChI is InChI=1S/C23H28N6O/c1-5-6-7-21-26-19-10-8-17(13-20(19)27-21)25-23(30)11-9-18-15(3)24-22-12-14(2)28-29(22)16(18)4/h8,10,12-13H,5-7,9,11H2,1-4H3,(H,25,30)(H,26,27). The van der Waals surface area contributed by atoms with E-state index in [9.17, 15) is 4.79 Å². The summed E-state index contributed by atoms with van der Waals surface area (Å²) in [7, 11) is 0. The van der Waals surface area contributed by atoms with Crippen molar-refractivity contribution in [2.75, 3.05) is 5.32 Å². The second-order valence-corrected chi connectivity index (χ2v) is 7.88. The van der Waals surface area contributed by atoms with Gasteiger partial charge in [-0.1, -0.05) is 13.3 Å². The van der Waals surface area contributed by atoms with E-state index in [4.69, 9.17) is 0 Å². The number of aromatic amines is 1. The minimum absolute atomic E-state index is 0.0179. The Morgan fingerprint density at radius 3 is 2.77 bits per heavy atom. The van der Waals surface area contributed by atoms with E-state index >= 15 is 0 Å². The number of carbonyl (C=O) groups excluding carboxylic acids is 1. The number of anilines is 1. The fourth-order valence-electron chi connectivity index (χ4n) is 3.87. The predicted octanol–water partition coefficient (Wildman–Crippen LogP) is 4.44. The summed E-state index contributed by atoms with van der Waals surface area (Å²) in [5.41, 5.74) is 7.51. The van der Waals surface area contributed by atoms with Gasteiger partial charge in [-0.05, 0) is 57.4 Å². The zero-order valence-electron chi connectivity index (χ0n) is 18.0. The van der Waals surface area contributed by atoms with Crippen LogP contribution in [0, 0.1) is 20.8 Å². The van der Waals surface area contributed by atoms with Gasteiger partial charge in [0.1, 0.15) is 5.82 Å². The molecule has 3 aromatic heterocycles. The highest BCUT2D eigenvalue weighted by Gasteiger charge is 2.13. The van der Waals surface area contributed by atoms with Crippen LogP contribution in [-0.4, -0.2) is 30.5 Å². The number of imidazole rings is 1. The number of hydrogen-bond donors (Lipinski definition) is 2. The lowest BCUT2D eigenvalue weighted by atomic mass is 10.1. The van der Waals surface area contributed by atoms with Gasteiger partial charge in [0.25, 0.3) is 0 Å².